The lowest BCUT2D eigenvalue weighted by atomic mass is 10.1. The molecule has 0 bridgehead atoms. The molecule has 0 aliphatic heterocycles. The highest BCUT2D eigenvalue weighted by Gasteiger charge is 2.14. The van der Waals surface area contributed by atoms with Crippen LogP contribution in [0.5, 0.6) is 0 Å². The fourth-order valence-corrected chi connectivity index (χ4v) is 3.32. The van der Waals surface area contributed by atoms with Gasteiger partial charge in [-0.2, -0.15) is 15.5 Å². The molecule has 0 fully saturated rings. The fraction of sp³-hybridized carbons (Fsp3) is 0.273. The molecule has 1 N–H and O–H groups in total. The van der Waals surface area contributed by atoms with E-state index in [-0.39, 0.29) is 29.0 Å². The number of nitrogens with one attached hydrogen (secondary N) is 1. The van der Waals surface area contributed by atoms with E-state index in [2.05, 4.69) is 15.5 Å². The van der Waals surface area contributed by atoms with Gasteiger partial charge in [0.05, 0.1) is 29.4 Å². The summed E-state index contributed by atoms with van der Waals surface area (Å²) in [5.74, 6) is -0.824. The molecule has 1 aromatic carbocycles. The highest BCUT2D eigenvalue weighted by Crippen LogP contribution is 2.26. The quantitative estimate of drug-likeness (QED) is 0.600. The van der Waals surface area contributed by atoms with Gasteiger partial charge in [0.2, 0.25) is 5.91 Å². The van der Waals surface area contributed by atoms with Crippen molar-refractivity contribution < 1.29 is 9.18 Å². The van der Waals surface area contributed by atoms with Crippen LogP contribution in [0.15, 0.2) is 42.2 Å². The minimum Gasteiger partial charge on any atom is -0.351 e. The van der Waals surface area contributed by atoms with Crippen molar-refractivity contribution in [1.29, 1.82) is 5.26 Å². The summed E-state index contributed by atoms with van der Waals surface area (Å²) in [7, 11) is 0. The average Bonchev–Trinajstić information content (AvgIpc) is 3.30. The van der Waals surface area contributed by atoms with E-state index >= 15 is 0 Å². The van der Waals surface area contributed by atoms with E-state index < -0.39 is 5.82 Å². The first-order valence-electron chi connectivity index (χ1n) is 9.66. The van der Waals surface area contributed by atoms with Crippen LogP contribution >= 0.6 is 11.6 Å². The summed E-state index contributed by atoms with van der Waals surface area (Å²) < 4.78 is 17.3. The normalized spacial score (nSPS) is 11.6. The van der Waals surface area contributed by atoms with Crippen LogP contribution < -0.4 is 5.32 Å². The minimum atomic E-state index is -0.688. The van der Waals surface area contributed by atoms with Crippen molar-refractivity contribution in [2.24, 2.45) is 0 Å². The maximum absolute atomic E-state index is 14.0. The molecule has 160 valence electrons. The molecule has 0 aliphatic carbocycles. The summed E-state index contributed by atoms with van der Waals surface area (Å²) in [6, 6.07) is 7.83. The molecule has 2 heterocycles. The third-order valence-electron chi connectivity index (χ3n) is 4.35. The number of carbonyl (C=O) groups excluding carboxylic acids is 1. The zero-order valence-electron chi connectivity index (χ0n) is 17.4. The molecular formula is C22H22ClFN6O. The number of amides is 1. The van der Waals surface area contributed by atoms with E-state index in [4.69, 9.17) is 16.9 Å². The Balaban J connectivity index is 1.59. The molecule has 7 nitrogen and oxygen atoms in total. The summed E-state index contributed by atoms with van der Waals surface area (Å²) in [4.78, 5) is 12.3. The second-order valence-electron chi connectivity index (χ2n) is 7.49. The van der Waals surface area contributed by atoms with Crippen molar-refractivity contribution in [3.63, 3.8) is 0 Å². The van der Waals surface area contributed by atoms with E-state index in [9.17, 15) is 9.18 Å². The molecule has 3 rings (SSSR count). The van der Waals surface area contributed by atoms with Crippen molar-refractivity contribution >= 4 is 23.7 Å². The van der Waals surface area contributed by atoms with Gasteiger partial charge in [-0.15, -0.1) is 0 Å². The number of benzene rings is 1. The number of allylic oxidation sites excluding steroid dienone is 1. The van der Waals surface area contributed by atoms with E-state index in [1.54, 1.807) is 27.7 Å². The molecule has 3 aromatic rings. The molecule has 0 saturated heterocycles. The first-order valence-corrected chi connectivity index (χ1v) is 10.0. The maximum Gasteiger partial charge on any atom is 0.226 e. The second kappa shape index (κ2) is 9.58. The van der Waals surface area contributed by atoms with Crippen LogP contribution in [-0.4, -0.2) is 31.5 Å². The highest BCUT2D eigenvalue weighted by atomic mass is 35.5. The van der Waals surface area contributed by atoms with Crippen LogP contribution in [0.2, 0.25) is 5.02 Å². The summed E-state index contributed by atoms with van der Waals surface area (Å²) in [6.07, 6.45) is 5.61. The zero-order chi connectivity index (χ0) is 22.5. The number of halogens is 2. The van der Waals surface area contributed by atoms with Gasteiger partial charge in [-0.05, 0) is 45.0 Å². The molecule has 0 saturated carbocycles. The zero-order valence-corrected chi connectivity index (χ0v) is 18.2. The van der Waals surface area contributed by atoms with E-state index in [0.717, 1.165) is 5.57 Å². The van der Waals surface area contributed by atoms with Crippen LogP contribution in [0.4, 0.5) is 4.39 Å². The van der Waals surface area contributed by atoms with Crippen molar-refractivity contribution in [2.75, 3.05) is 0 Å². The van der Waals surface area contributed by atoms with Gasteiger partial charge in [0.15, 0.2) is 0 Å². The number of aromatic nitrogens is 4. The van der Waals surface area contributed by atoms with E-state index in [1.165, 1.54) is 12.1 Å². The first-order chi connectivity index (χ1) is 14.7. The van der Waals surface area contributed by atoms with Crippen LogP contribution in [0, 0.1) is 17.1 Å². The summed E-state index contributed by atoms with van der Waals surface area (Å²) in [5.41, 5.74) is 2.60. The fourth-order valence-electron chi connectivity index (χ4n) is 3.07. The smallest absolute Gasteiger partial charge is 0.226 e. The lowest BCUT2D eigenvalue weighted by molar-refractivity contribution is -0.121. The van der Waals surface area contributed by atoms with Gasteiger partial charge >= 0.3 is 0 Å². The molecule has 0 spiro atoms. The average molecular weight is 441 g/mol. The molecule has 2 aromatic heterocycles. The Morgan fingerprint density at radius 2 is 2.10 bits per heavy atom. The Labute approximate surface area is 184 Å². The molecule has 1 amide bonds. The Kier molecular flexibility index (Phi) is 6.88. The van der Waals surface area contributed by atoms with Crippen molar-refractivity contribution in [3.05, 3.63) is 64.3 Å². The number of carbonyl (C=O) groups is 1. The van der Waals surface area contributed by atoms with Crippen LogP contribution in [0.1, 0.15) is 32.0 Å². The van der Waals surface area contributed by atoms with Gasteiger partial charge in [-0.3, -0.25) is 9.48 Å². The van der Waals surface area contributed by atoms with Crippen LogP contribution in [0.25, 0.3) is 17.5 Å². The van der Waals surface area contributed by atoms with Gasteiger partial charge in [-0.25, -0.2) is 9.07 Å². The van der Waals surface area contributed by atoms with Crippen LogP contribution in [0.3, 0.4) is 0 Å². The summed E-state index contributed by atoms with van der Waals surface area (Å²) in [5, 5.41) is 20.7. The number of hydrogen-bond acceptors (Lipinski definition) is 4. The number of nitriles is 1. The SMILES string of the molecule is CC(C)=Cn1ccc(CC(=O)N[C@@H](C)Cn2ccc(-c3cc(F)c(C#N)c(Cl)c3)n2)n1. The van der Waals surface area contributed by atoms with E-state index in [0.29, 0.717) is 23.5 Å². The Hall–Kier alpha value is -3.44. The third-order valence-corrected chi connectivity index (χ3v) is 4.65. The lowest BCUT2D eigenvalue weighted by Gasteiger charge is -2.13. The standard InChI is InChI=1S/C22H22ClFN6O/c1-14(2)12-29-6-4-17(27-29)10-22(31)26-15(3)13-30-7-5-21(28-30)16-8-19(23)18(11-25)20(24)9-16/h4-9,12,15H,10,13H2,1-3H3,(H,26,31)/t15-/m0/s1. The third kappa shape index (κ3) is 5.80. The van der Waals surface area contributed by atoms with Crippen molar-refractivity contribution in [2.45, 2.75) is 39.8 Å². The molecule has 0 unspecified atom stereocenters. The Bertz CT molecular complexity index is 1150. The van der Waals surface area contributed by atoms with Crippen LogP contribution in [-0.2, 0) is 17.8 Å². The first kappa shape index (κ1) is 22.2. The van der Waals surface area contributed by atoms with Gasteiger partial charge in [-0.1, -0.05) is 17.2 Å². The van der Waals surface area contributed by atoms with Gasteiger partial charge in [0, 0.05) is 30.2 Å². The summed E-state index contributed by atoms with van der Waals surface area (Å²) in [6.45, 7) is 6.26. The van der Waals surface area contributed by atoms with Gasteiger partial charge in [0.25, 0.3) is 0 Å². The number of nitrogens with zero attached hydrogens (tertiary/aromatic N) is 5. The predicted molar refractivity (Wildman–Crippen MR) is 117 cm³/mol. The second-order valence-corrected chi connectivity index (χ2v) is 7.90. The Morgan fingerprint density at radius 3 is 2.77 bits per heavy atom. The minimum absolute atomic E-state index is 0.0414. The van der Waals surface area contributed by atoms with Crippen molar-refractivity contribution in [1.82, 2.24) is 24.9 Å². The maximum atomic E-state index is 14.0. The molecule has 9 heteroatoms. The topological polar surface area (TPSA) is 88.5 Å². The molecular weight excluding hydrogens is 419 g/mol. The molecule has 1 atom stereocenters. The largest absolute Gasteiger partial charge is 0.351 e. The summed E-state index contributed by atoms with van der Waals surface area (Å²) >= 11 is 5.97. The number of rotatable bonds is 7. The van der Waals surface area contributed by atoms with Crippen molar-refractivity contribution in [3.8, 4) is 17.3 Å². The number of hydrogen-bond donors (Lipinski definition) is 1. The lowest BCUT2D eigenvalue weighted by Crippen LogP contribution is -2.36. The van der Waals surface area contributed by atoms with Gasteiger partial charge < -0.3 is 5.32 Å². The Morgan fingerprint density at radius 1 is 1.32 bits per heavy atom. The van der Waals surface area contributed by atoms with E-state index in [1.807, 2.05) is 39.2 Å². The molecule has 31 heavy (non-hydrogen) atoms. The predicted octanol–water partition coefficient (Wildman–Crippen LogP) is 4.04. The molecule has 0 radical (unpaired) electrons. The molecule has 0 aliphatic rings. The monoisotopic (exact) mass is 440 g/mol. The highest BCUT2D eigenvalue weighted by molar-refractivity contribution is 6.32. The van der Waals surface area contributed by atoms with Gasteiger partial charge in [0.1, 0.15) is 17.4 Å².